The van der Waals surface area contributed by atoms with Gasteiger partial charge in [0.15, 0.2) is 10.9 Å². The third-order valence-electron chi connectivity index (χ3n) is 5.51. The molecule has 4 heterocycles. The second-order valence-electron chi connectivity index (χ2n) is 7.64. The normalized spacial score (nSPS) is 16.6. The van der Waals surface area contributed by atoms with Crippen LogP contribution in [0, 0.1) is 6.92 Å². The highest BCUT2D eigenvalue weighted by atomic mass is 32.1. The molecule has 0 bridgehead atoms. The molecule has 0 aliphatic carbocycles. The van der Waals surface area contributed by atoms with E-state index < -0.39 is 0 Å². The largest absolute Gasteiger partial charge is 0.341 e. The van der Waals surface area contributed by atoms with Crippen molar-refractivity contribution in [2.45, 2.75) is 32.6 Å². The van der Waals surface area contributed by atoms with Gasteiger partial charge < -0.3 is 9.80 Å². The van der Waals surface area contributed by atoms with Gasteiger partial charge in [0.2, 0.25) is 5.91 Å². The molecule has 30 heavy (non-hydrogen) atoms. The Balaban J connectivity index is 1.38. The van der Waals surface area contributed by atoms with Gasteiger partial charge in [0.1, 0.15) is 6.54 Å². The molecule has 0 radical (unpaired) electrons. The van der Waals surface area contributed by atoms with E-state index in [-0.39, 0.29) is 24.3 Å². The van der Waals surface area contributed by atoms with Crippen LogP contribution < -0.4 is 4.90 Å². The van der Waals surface area contributed by atoms with Crippen LogP contribution in [-0.2, 0) is 11.2 Å². The van der Waals surface area contributed by atoms with Gasteiger partial charge in [-0.3, -0.25) is 19.5 Å². The van der Waals surface area contributed by atoms with Crippen LogP contribution in [0.15, 0.2) is 24.5 Å². The number of aromatic nitrogens is 2. The van der Waals surface area contributed by atoms with Crippen molar-refractivity contribution in [3.63, 3.8) is 0 Å². The number of urea groups is 1. The highest BCUT2D eigenvalue weighted by Crippen LogP contribution is 2.30. The number of anilines is 1. The SMILES string of the molecule is Cc1nc(N2CCN(CC(=O)N3CCCC3)C2=O)sc1C(=O)CCc1cccnc1. The summed E-state index contributed by atoms with van der Waals surface area (Å²) < 4.78 is 0. The van der Waals surface area contributed by atoms with E-state index in [0.29, 0.717) is 41.6 Å². The molecule has 2 aromatic heterocycles. The minimum atomic E-state index is -0.217. The maximum absolute atomic E-state index is 12.8. The number of carbonyl (C=O) groups is 3. The van der Waals surface area contributed by atoms with E-state index in [9.17, 15) is 14.4 Å². The Bertz CT molecular complexity index is 939. The number of carbonyl (C=O) groups excluding carboxylic acids is 3. The number of likely N-dealkylation sites (tertiary alicyclic amines) is 1. The summed E-state index contributed by atoms with van der Waals surface area (Å²) in [4.78, 5) is 52.0. The van der Waals surface area contributed by atoms with E-state index >= 15 is 0 Å². The first-order valence-corrected chi connectivity index (χ1v) is 11.1. The lowest BCUT2D eigenvalue weighted by atomic mass is 10.1. The summed E-state index contributed by atoms with van der Waals surface area (Å²) in [6.45, 7) is 4.42. The van der Waals surface area contributed by atoms with E-state index in [4.69, 9.17) is 0 Å². The molecule has 2 aliphatic rings. The molecule has 158 valence electrons. The average molecular weight is 428 g/mol. The van der Waals surface area contributed by atoms with Gasteiger partial charge >= 0.3 is 6.03 Å². The highest BCUT2D eigenvalue weighted by molar-refractivity contribution is 7.17. The number of amides is 3. The lowest BCUT2D eigenvalue weighted by molar-refractivity contribution is -0.130. The summed E-state index contributed by atoms with van der Waals surface area (Å²) in [5.41, 5.74) is 1.66. The maximum atomic E-state index is 12.8. The molecule has 3 amide bonds. The summed E-state index contributed by atoms with van der Waals surface area (Å²) >= 11 is 1.26. The van der Waals surface area contributed by atoms with E-state index in [1.54, 1.807) is 29.1 Å². The van der Waals surface area contributed by atoms with Gasteiger partial charge in [-0.05, 0) is 37.8 Å². The van der Waals surface area contributed by atoms with Crippen LogP contribution >= 0.6 is 11.3 Å². The predicted molar refractivity (Wildman–Crippen MR) is 114 cm³/mol. The molecule has 0 N–H and O–H groups in total. The molecule has 0 atom stereocenters. The van der Waals surface area contributed by atoms with Crippen molar-refractivity contribution in [3.05, 3.63) is 40.7 Å². The molecule has 9 heteroatoms. The number of nitrogens with zero attached hydrogens (tertiary/aromatic N) is 5. The summed E-state index contributed by atoms with van der Waals surface area (Å²) in [6, 6.07) is 3.59. The van der Waals surface area contributed by atoms with Crippen LogP contribution in [-0.4, -0.2) is 70.2 Å². The Labute approximate surface area is 179 Å². The van der Waals surface area contributed by atoms with Crippen molar-refractivity contribution >= 4 is 34.2 Å². The quantitative estimate of drug-likeness (QED) is 0.634. The van der Waals surface area contributed by atoms with Gasteiger partial charge in [-0.1, -0.05) is 17.4 Å². The van der Waals surface area contributed by atoms with Crippen molar-refractivity contribution in [1.82, 2.24) is 19.8 Å². The van der Waals surface area contributed by atoms with Gasteiger partial charge in [0.05, 0.1) is 10.6 Å². The Morgan fingerprint density at radius 1 is 1.17 bits per heavy atom. The molecule has 2 saturated heterocycles. The lowest BCUT2D eigenvalue weighted by Crippen LogP contribution is -2.41. The van der Waals surface area contributed by atoms with Crippen LogP contribution in [0.2, 0.25) is 0 Å². The van der Waals surface area contributed by atoms with Gasteiger partial charge in [-0.2, -0.15) is 0 Å². The molecule has 2 fully saturated rings. The van der Waals surface area contributed by atoms with Crippen LogP contribution in [0.4, 0.5) is 9.93 Å². The van der Waals surface area contributed by atoms with Crippen LogP contribution in [0.3, 0.4) is 0 Å². The molecule has 0 aromatic carbocycles. The molecule has 0 saturated carbocycles. The number of pyridine rings is 1. The zero-order valence-electron chi connectivity index (χ0n) is 17.0. The lowest BCUT2D eigenvalue weighted by Gasteiger charge is -2.20. The Kier molecular flexibility index (Phi) is 6.08. The van der Waals surface area contributed by atoms with E-state index in [2.05, 4.69) is 9.97 Å². The van der Waals surface area contributed by atoms with Crippen molar-refractivity contribution in [3.8, 4) is 0 Å². The number of ketones is 1. The zero-order valence-corrected chi connectivity index (χ0v) is 17.9. The van der Waals surface area contributed by atoms with Crippen molar-refractivity contribution in [1.29, 1.82) is 0 Å². The van der Waals surface area contributed by atoms with Crippen molar-refractivity contribution < 1.29 is 14.4 Å². The fraction of sp³-hybridized carbons (Fsp3) is 0.476. The first kappa shape index (κ1) is 20.5. The number of hydrogen-bond acceptors (Lipinski definition) is 6. The fourth-order valence-corrected chi connectivity index (χ4v) is 4.86. The average Bonchev–Trinajstić information content (AvgIpc) is 3.48. The summed E-state index contributed by atoms with van der Waals surface area (Å²) in [6.07, 6.45) is 6.52. The summed E-state index contributed by atoms with van der Waals surface area (Å²) in [5.74, 6) is 0.0251. The number of thiazole rings is 1. The number of hydrogen-bond donors (Lipinski definition) is 0. The maximum Gasteiger partial charge on any atom is 0.326 e. The highest BCUT2D eigenvalue weighted by Gasteiger charge is 2.34. The van der Waals surface area contributed by atoms with E-state index in [1.165, 1.54) is 11.3 Å². The third-order valence-corrected chi connectivity index (χ3v) is 6.73. The second kappa shape index (κ2) is 8.91. The summed E-state index contributed by atoms with van der Waals surface area (Å²) in [7, 11) is 0. The van der Waals surface area contributed by atoms with Gasteiger partial charge in [0.25, 0.3) is 0 Å². The van der Waals surface area contributed by atoms with Crippen molar-refractivity contribution in [2.75, 3.05) is 37.6 Å². The molecule has 0 spiro atoms. The Hall–Kier alpha value is -2.81. The standard InChI is InChI=1S/C21H25N5O3S/c1-15-19(17(27)7-6-16-5-4-8-22-13-16)30-20(23-15)26-12-11-25(21(26)29)14-18(28)24-9-2-3-10-24/h4-5,8,13H,2-3,6-7,9-12,14H2,1H3. The first-order chi connectivity index (χ1) is 14.5. The monoisotopic (exact) mass is 427 g/mol. The molecule has 2 aliphatic heterocycles. The van der Waals surface area contributed by atoms with Gasteiger partial charge in [0, 0.05) is 45.0 Å². The molecule has 8 nitrogen and oxygen atoms in total. The van der Waals surface area contributed by atoms with Crippen molar-refractivity contribution in [2.24, 2.45) is 0 Å². The number of aryl methyl sites for hydroxylation is 2. The smallest absolute Gasteiger partial charge is 0.326 e. The Morgan fingerprint density at radius 2 is 1.97 bits per heavy atom. The minimum Gasteiger partial charge on any atom is -0.341 e. The molecule has 2 aromatic rings. The van der Waals surface area contributed by atoms with Crippen LogP contribution in [0.1, 0.15) is 40.2 Å². The van der Waals surface area contributed by atoms with Crippen LogP contribution in [0.5, 0.6) is 0 Å². The second-order valence-corrected chi connectivity index (χ2v) is 8.62. The fourth-order valence-electron chi connectivity index (χ4n) is 3.81. The molecular weight excluding hydrogens is 402 g/mol. The first-order valence-electron chi connectivity index (χ1n) is 10.3. The molecule has 4 rings (SSSR count). The van der Waals surface area contributed by atoms with Gasteiger partial charge in [-0.15, -0.1) is 0 Å². The minimum absolute atomic E-state index is 0.00397. The van der Waals surface area contributed by atoms with E-state index in [0.717, 1.165) is 31.5 Å². The summed E-state index contributed by atoms with van der Waals surface area (Å²) in [5, 5.41) is 0.526. The van der Waals surface area contributed by atoms with E-state index in [1.807, 2.05) is 17.0 Å². The van der Waals surface area contributed by atoms with Crippen LogP contribution in [0.25, 0.3) is 0 Å². The predicted octanol–water partition coefficient (Wildman–Crippen LogP) is 2.53. The molecular formula is C21H25N5O3S. The van der Waals surface area contributed by atoms with Gasteiger partial charge in [-0.25, -0.2) is 9.78 Å². The topological polar surface area (TPSA) is 86.7 Å². The molecule has 0 unspecified atom stereocenters. The number of Topliss-reactive ketones (excluding diaryl/α,β-unsaturated/α-hetero) is 1. The third kappa shape index (κ3) is 4.35. The number of rotatable bonds is 7. The Morgan fingerprint density at radius 3 is 2.70 bits per heavy atom. The zero-order chi connectivity index (χ0) is 21.1.